The van der Waals surface area contributed by atoms with E-state index in [4.69, 9.17) is 0 Å². The number of hydrogen-bond acceptors (Lipinski definition) is 3. The molecule has 0 saturated heterocycles. The van der Waals surface area contributed by atoms with E-state index in [2.05, 4.69) is 5.32 Å². The van der Waals surface area contributed by atoms with Crippen molar-refractivity contribution in [2.24, 2.45) is 0 Å². The standard InChI is InChI=1S/C22H27FN2O3S/c1-29(27,28)21-9-5-6-19(14-21)24-22(26)16-25(20-7-3-2-4-8-20)15-17-10-12-18(23)13-11-17/h5-6,9-14,20H,2-4,7-8,15-16H2,1H3,(H,24,26)/p+1. The fraction of sp³-hybridized carbons (Fsp3) is 0.409. The zero-order valence-corrected chi connectivity index (χ0v) is 17.5. The molecule has 0 aliphatic heterocycles. The topological polar surface area (TPSA) is 67.7 Å². The van der Waals surface area contributed by atoms with Crippen molar-refractivity contribution >= 4 is 21.4 Å². The molecule has 0 aromatic heterocycles. The summed E-state index contributed by atoms with van der Waals surface area (Å²) in [5.41, 5.74) is 1.47. The number of halogens is 1. The Balaban J connectivity index is 1.71. The average molecular weight is 420 g/mol. The molecule has 1 unspecified atom stereocenters. The van der Waals surface area contributed by atoms with Crippen molar-refractivity contribution in [1.29, 1.82) is 0 Å². The van der Waals surface area contributed by atoms with Crippen molar-refractivity contribution in [3.8, 4) is 0 Å². The molecule has 1 amide bonds. The van der Waals surface area contributed by atoms with Crippen molar-refractivity contribution < 1.29 is 22.5 Å². The Bertz CT molecular complexity index is 939. The highest BCUT2D eigenvalue weighted by molar-refractivity contribution is 7.90. The number of anilines is 1. The summed E-state index contributed by atoms with van der Waals surface area (Å²) in [6.07, 6.45) is 6.85. The average Bonchev–Trinajstić information content (AvgIpc) is 2.69. The number of hydrogen-bond donors (Lipinski definition) is 2. The van der Waals surface area contributed by atoms with Gasteiger partial charge in [0.15, 0.2) is 16.4 Å². The second-order valence-corrected chi connectivity index (χ2v) is 9.84. The molecule has 0 radical (unpaired) electrons. The minimum absolute atomic E-state index is 0.154. The van der Waals surface area contributed by atoms with E-state index in [1.807, 2.05) is 0 Å². The number of quaternary nitrogens is 1. The van der Waals surface area contributed by atoms with Gasteiger partial charge >= 0.3 is 0 Å². The number of carbonyl (C=O) groups excluding carboxylic acids is 1. The van der Waals surface area contributed by atoms with Crippen LogP contribution < -0.4 is 10.2 Å². The van der Waals surface area contributed by atoms with E-state index < -0.39 is 9.84 Å². The first-order valence-electron chi connectivity index (χ1n) is 10.0. The van der Waals surface area contributed by atoms with Gasteiger partial charge in [0.2, 0.25) is 0 Å². The maximum atomic E-state index is 13.2. The maximum absolute atomic E-state index is 13.2. The van der Waals surface area contributed by atoms with Crippen LogP contribution in [0.15, 0.2) is 53.4 Å². The van der Waals surface area contributed by atoms with E-state index in [1.54, 1.807) is 24.3 Å². The summed E-state index contributed by atoms with van der Waals surface area (Å²) in [7, 11) is -3.33. The quantitative estimate of drug-likeness (QED) is 0.725. The molecule has 1 saturated carbocycles. The predicted molar refractivity (Wildman–Crippen MR) is 111 cm³/mol. The SMILES string of the molecule is CS(=O)(=O)c1cccc(NC(=O)C[NH+](Cc2ccc(F)cc2)C2CCCCC2)c1. The molecular weight excluding hydrogens is 391 g/mol. The summed E-state index contributed by atoms with van der Waals surface area (Å²) in [5.74, 6) is -0.421. The lowest BCUT2D eigenvalue weighted by Crippen LogP contribution is -3.15. The van der Waals surface area contributed by atoms with E-state index in [0.29, 0.717) is 18.3 Å². The Morgan fingerprint density at radius 3 is 2.45 bits per heavy atom. The zero-order valence-electron chi connectivity index (χ0n) is 16.7. The van der Waals surface area contributed by atoms with Crippen LogP contribution in [0.2, 0.25) is 0 Å². The second-order valence-electron chi connectivity index (χ2n) is 7.82. The Hall–Kier alpha value is -2.25. The third kappa shape index (κ3) is 6.37. The number of carbonyl (C=O) groups is 1. The molecule has 3 rings (SSSR count). The van der Waals surface area contributed by atoms with Gasteiger partial charge in [0, 0.05) is 17.5 Å². The molecule has 1 aliphatic carbocycles. The second kappa shape index (κ2) is 9.50. The van der Waals surface area contributed by atoms with Crippen LogP contribution in [-0.2, 0) is 21.2 Å². The van der Waals surface area contributed by atoms with Gasteiger partial charge in [-0.05, 0) is 56.0 Å². The predicted octanol–water partition coefficient (Wildman–Crippen LogP) is 2.59. The number of amides is 1. The molecule has 7 heteroatoms. The van der Waals surface area contributed by atoms with E-state index in [0.717, 1.165) is 42.4 Å². The fourth-order valence-corrected chi connectivity index (χ4v) is 4.61. The van der Waals surface area contributed by atoms with Crippen LogP contribution in [0.3, 0.4) is 0 Å². The van der Waals surface area contributed by atoms with Crippen LogP contribution in [0.25, 0.3) is 0 Å². The van der Waals surface area contributed by atoms with Gasteiger partial charge in [-0.3, -0.25) is 4.79 Å². The van der Waals surface area contributed by atoms with Crippen molar-refractivity contribution in [1.82, 2.24) is 0 Å². The van der Waals surface area contributed by atoms with Crippen LogP contribution in [0, 0.1) is 5.82 Å². The molecule has 2 N–H and O–H groups in total. The summed E-state index contributed by atoms with van der Waals surface area (Å²) in [6.45, 7) is 0.937. The van der Waals surface area contributed by atoms with Crippen LogP contribution in [0.1, 0.15) is 37.7 Å². The normalized spacial score (nSPS) is 16.3. The molecule has 0 heterocycles. The number of benzene rings is 2. The highest BCUT2D eigenvalue weighted by Gasteiger charge is 2.27. The summed E-state index contributed by atoms with van der Waals surface area (Å²) < 4.78 is 36.7. The lowest BCUT2D eigenvalue weighted by molar-refractivity contribution is -0.932. The third-order valence-corrected chi connectivity index (χ3v) is 6.57. The highest BCUT2D eigenvalue weighted by atomic mass is 32.2. The molecule has 0 bridgehead atoms. The van der Waals surface area contributed by atoms with Gasteiger partial charge in [-0.2, -0.15) is 0 Å². The van der Waals surface area contributed by atoms with E-state index >= 15 is 0 Å². The number of sulfone groups is 1. The van der Waals surface area contributed by atoms with Crippen molar-refractivity contribution in [3.05, 3.63) is 59.9 Å². The van der Waals surface area contributed by atoms with Gasteiger partial charge in [0.1, 0.15) is 12.4 Å². The Labute approximate surface area is 171 Å². The van der Waals surface area contributed by atoms with Crippen molar-refractivity contribution in [2.45, 2.75) is 49.6 Å². The summed E-state index contributed by atoms with van der Waals surface area (Å²) in [5, 5.41) is 2.83. The third-order valence-electron chi connectivity index (χ3n) is 5.46. The molecule has 156 valence electrons. The van der Waals surface area contributed by atoms with Gasteiger partial charge in [0.25, 0.3) is 5.91 Å². The first kappa shape index (κ1) is 21.5. The van der Waals surface area contributed by atoms with Gasteiger partial charge in [-0.1, -0.05) is 24.6 Å². The largest absolute Gasteiger partial charge is 0.321 e. The molecule has 1 aliphatic rings. The smallest absolute Gasteiger partial charge is 0.279 e. The van der Waals surface area contributed by atoms with Crippen LogP contribution in [0.4, 0.5) is 10.1 Å². The highest BCUT2D eigenvalue weighted by Crippen LogP contribution is 2.17. The molecule has 2 aromatic rings. The van der Waals surface area contributed by atoms with Gasteiger partial charge in [-0.15, -0.1) is 0 Å². The summed E-state index contributed by atoms with van der Waals surface area (Å²) in [6, 6.07) is 13.1. The molecule has 0 spiro atoms. The molecular formula is C22H28FN2O3S+. The first-order chi connectivity index (χ1) is 13.8. The minimum Gasteiger partial charge on any atom is -0.321 e. The van der Waals surface area contributed by atoms with Gasteiger partial charge in [-0.25, -0.2) is 12.8 Å². The van der Waals surface area contributed by atoms with Crippen LogP contribution >= 0.6 is 0 Å². The molecule has 2 aromatic carbocycles. The maximum Gasteiger partial charge on any atom is 0.279 e. The zero-order chi connectivity index (χ0) is 20.9. The van der Waals surface area contributed by atoms with E-state index in [1.165, 1.54) is 30.7 Å². The van der Waals surface area contributed by atoms with Gasteiger partial charge < -0.3 is 10.2 Å². The summed E-state index contributed by atoms with van der Waals surface area (Å²) >= 11 is 0. The number of rotatable bonds is 7. The summed E-state index contributed by atoms with van der Waals surface area (Å²) in [4.78, 5) is 14.1. The molecule has 1 fully saturated rings. The lowest BCUT2D eigenvalue weighted by Gasteiger charge is -2.31. The fourth-order valence-electron chi connectivity index (χ4n) is 3.94. The van der Waals surface area contributed by atoms with E-state index in [-0.39, 0.29) is 23.2 Å². The van der Waals surface area contributed by atoms with Crippen LogP contribution in [0.5, 0.6) is 0 Å². The molecule has 1 atom stereocenters. The number of nitrogens with one attached hydrogen (secondary N) is 2. The first-order valence-corrected chi connectivity index (χ1v) is 11.9. The van der Waals surface area contributed by atoms with Gasteiger partial charge in [0.05, 0.1) is 10.9 Å². The Morgan fingerprint density at radius 2 is 1.79 bits per heavy atom. The Kier molecular flexibility index (Phi) is 7.03. The Morgan fingerprint density at radius 1 is 1.10 bits per heavy atom. The minimum atomic E-state index is -3.33. The van der Waals surface area contributed by atoms with Crippen LogP contribution in [-0.4, -0.2) is 33.2 Å². The van der Waals surface area contributed by atoms with Crippen molar-refractivity contribution in [3.63, 3.8) is 0 Å². The van der Waals surface area contributed by atoms with E-state index in [9.17, 15) is 17.6 Å². The monoisotopic (exact) mass is 419 g/mol. The van der Waals surface area contributed by atoms with Crippen molar-refractivity contribution in [2.75, 3.05) is 18.1 Å². The molecule has 5 nitrogen and oxygen atoms in total. The lowest BCUT2D eigenvalue weighted by atomic mass is 9.93. The molecule has 29 heavy (non-hydrogen) atoms.